The summed E-state index contributed by atoms with van der Waals surface area (Å²) >= 11 is 0. The molecule has 2 aromatic carbocycles. The summed E-state index contributed by atoms with van der Waals surface area (Å²) in [7, 11) is -3.78. The zero-order valence-corrected chi connectivity index (χ0v) is 13.1. The Bertz CT molecular complexity index is 820. The van der Waals surface area contributed by atoms with Gasteiger partial charge in [0.15, 0.2) is 9.84 Å². The molecule has 0 aliphatic carbocycles. The van der Waals surface area contributed by atoms with E-state index in [1.54, 1.807) is 30.3 Å². The standard InChI is InChI=1S/C15H17N3O4S/c16-7-6-13-14(17)8-12(18(19)20)9-15(13)23(21,22)10-11-4-2-1-3-5-11/h1-5,8-9H,6-7,10,16-17H2. The predicted molar refractivity (Wildman–Crippen MR) is 87.6 cm³/mol. The Balaban J connectivity index is 2.56. The molecule has 0 unspecified atom stereocenters. The van der Waals surface area contributed by atoms with Crippen molar-refractivity contribution in [2.24, 2.45) is 5.73 Å². The second-order valence-electron chi connectivity index (χ2n) is 5.05. The quantitative estimate of drug-likeness (QED) is 0.469. The summed E-state index contributed by atoms with van der Waals surface area (Å²) in [6.45, 7) is 0.190. The Labute approximate surface area is 134 Å². The maximum Gasteiger partial charge on any atom is 0.272 e. The molecular formula is C15H17N3O4S. The van der Waals surface area contributed by atoms with E-state index in [4.69, 9.17) is 11.5 Å². The molecule has 0 radical (unpaired) electrons. The average molecular weight is 335 g/mol. The lowest BCUT2D eigenvalue weighted by molar-refractivity contribution is -0.385. The number of hydrogen-bond donors (Lipinski definition) is 2. The molecule has 2 aromatic rings. The van der Waals surface area contributed by atoms with Crippen molar-refractivity contribution in [3.8, 4) is 0 Å². The molecule has 0 aromatic heterocycles. The van der Waals surface area contributed by atoms with E-state index in [1.165, 1.54) is 0 Å². The number of nitrogen functional groups attached to an aromatic ring is 1. The zero-order chi connectivity index (χ0) is 17.0. The summed E-state index contributed by atoms with van der Waals surface area (Å²) in [5.41, 5.74) is 12.0. The number of sulfone groups is 1. The third-order valence-electron chi connectivity index (χ3n) is 3.37. The van der Waals surface area contributed by atoms with Crippen molar-refractivity contribution in [1.82, 2.24) is 0 Å². The van der Waals surface area contributed by atoms with Crippen molar-refractivity contribution in [2.75, 3.05) is 12.3 Å². The predicted octanol–water partition coefficient (Wildman–Crippen LogP) is 1.65. The van der Waals surface area contributed by atoms with Crippen molar-refractivity contribution >= 4 is 21.2 Å². The fraction of sp³-hybridized carbons (Fsp3) is 0.200. The fourth-order valence-corrected chi connectivity index (χ4v) is 4.00. The molecular weight excluding hydrogens is 318 g/mol. The number of benzene rings is 2. The van der Waals surface area contributed by atoms with Gasteiger partial charge in [0.05, 0.1) is 15.6 Å². The van der Waals surface area contributed by atoms with Gasteiger partial charge in [-0.25, -0.2) is 8.42 Å². The Kier molecular flexibility index (Phi) is 4.97. The zero-order valence-electron chi connectivity index (χ0n) is 12.3. The third-order valence-corrected chi connectivity index (χ3v) is 5.12. The second-order valence-corrected chi connectivity index (χ2v) is 7.01. The minimum absolute atomic E-state index is 0.0660. The number of rotatable bonds is 6. The van der Waals surface area contributed by atoms with Gasteiger partial charge in [-0.15, -0.1) is 0 Å². The molecule has 0 heterocycles. The minimum Gasteiger partial charge on any atom is -0.398 e. The Hall–Kier alpha value is -2.45. The van der Waals surface area contributed by atoms with Crippen molar-refractivity contribution < 1.29 is 13.3 Å². The molecule has 8 heteroatoms. The lowest BCUT2D eigenvalue weighted by atomic mass is 10.1. The van der Waals surface area contributed by atoms with Gasteiger partial charge in [-0.1, -0.05) is 30.3 Å². The molecule has 0 bridgehead atoms. The Morgan fingerprint density at radius 1 is 1.13 bits per heavy atom. The van der Waals surface area contributed by atoms with Crippen molar-refractivity contribution in [3.05, 3.63) is 63.7 Å². The second kappa shape index (κ2) is 6.76. The topological polar surface area (TPSA) is 129 Å². The number of hydrogen-bond acceptors (Lipinski definition) is 6. The molecule has 0 atom stereocenters. The first kappa shape index (κ1) is 16.9. The first-order valence-electron chi connectivity index (χ1n) is 6.88. The van der Waals surface area contributed by atoms with Crippen LogP contribution in [0.25, 0.3) is 0 Å². The highest BCUT2D eigenvalue weighted by Crippen LogP contribution is 2.30. The Morgan fingerprint density at radius 3 is 2.35 bits per heavy atom. The van der Waals surface area contributed by atoms with Gasteiger partial charge in [0.1, 0.15) is 0 Å². The number of nitro groups is 1. The van der Waals surface area contributed by atoms with Gasteiger partial charge in [0, 0.05) is 17.8 Å². The number of anilines is 1. The van der Waals surface area contributed by atoms with Gasteiger partial charge in [0.2, 0.25) is 0 Å². The lowest BCUT2D eigenvalue weighted by Gasteiger charge is -2.12. The van der Waals surface area contributed by atoms with Gasteiger partial charge < -0.3 is 11.5 Å². The third kappa shape index (κ3) is 3.85. The average Bonchev–Trinajstić information content (AvgIpc) is 2.49. The summed E-state index contributed by atoms with van der Waals surface area (Å²) < 4.78 is 25.4. The van der Waals surface area contributed by atoms with E-state index < -0.39 is 14.8 Å². The van der Waals surface area contributed by atoms with Crippen LogP contribution in [0.2, 0.25) is 0 Å². The highest BCUT2D eigenvalue weighted by molar-refractivity contribution is 7.90. The molecule has 0 aliphatic heterocycles. The highest BCUT2D eigenvalue weighted by atomic mass is 32.2. The summed E-state index contributed by atoms with van der Waals surface area (Å²) in [5, 5.41) is 11.0. The van der Waals surface area contributed by atoms with Crippen LogP contribution in [0.3, 0.4) is 0 Å². The molecule has 0 fully saturated rings. The smallest absolute Gasteiger partial charge is 0.272 e. The maximum absolute atomic E-state index is 12.7. The van der Waals surface area contributed by atoms with E-state index in [2.05, 4.69) is 0 Å². The number of nitrogens with zero attached hydrogens (tertiary/aromatic N) is 1. The van der Waals surface area contributed by atoms with Crippen LogP contribution in [-0.4, -0.2) is 19.9 Å². The molecule has 7 nitrogen and oxygen atoms in total. The fourth-order valence-electron chi connectivity index (χ4n) is 2.32. The van der Waals surface area contributed by atoms with Crippen LogP contribution in [0.15, 0.2) is 47.4 Å². The number of nitro benzene ring substituents is 1. The molecule has 0 saturated carbocycles. The van der Waals surface area contributed by atoms with Crippen LogP contribution in [0.4, 0.5) is 11.4 Å². The summed E-state index contributed by atoms with van der Waals surface area (Å²) in [4.78, 5) is 10.2. The number of non-ortho nitro benzene ring substituents is 1. The summed E-state index contributed by atoms with van der Waals surface area (Å²) in [6, 6.07) is 10.8. The van der Waals surface area contributed by atoms with Crippen molar-refractivity contribution in [1.29, 1.82) is 0 Å². The van der Waals surface area contributed by atoms with Gasteiger partial charge in [-0.3, -0.25) is 10.1 Å². The molecule has 2 rings (SSSR count). The molecule has 4 N–H and O–H groups in total. The van der Waals surface area contributed by atoms with E-state index in [1.807, 2.05) is 0 Å². The summed E-state index contributed by atoms with van der Waals surface area (Å²) in [6.07, 6.45) is 0.229. The first-order chi connectivity index (χ1) is 10.8. The molecule has 23 heavy (non-hydrogen) atoms. The van der Waals surface area contributed by atoms with Crippen molar-refractivity contribution in [3.63, 3.8) is 0 Å². The van der Waals surface area contributed by atoms with Crippen LogP contribution < -0.4 is 11.5 Å². The molecule has 122 valence electrons. The molecule has 0 saturated heterocycles. The van der Waals surface area contributed by atoms with Crippen LogP contribution in [0.5, 0.6) is 0 Å². The van der Waals surface area contributed by atoms with E-state index in [0.717, 1.165) is 12.1 Å². The minimum atomic E-state index is -3.78. The van der Waals surface area contributed by atoms with Gasteiger partial charge >= 0.3 is 0 Å². The Morgan fingerprint density at radius 2 is 1.78 bits per heavy atom. The van der Waals surface area contributed by atoms with Crippen LogP contribution in [0.1, 0.15) is 11.1 Å². The van der Waals surface area contributed by atoms with Gasteiger partial charge in [-0.05, 0) is 24.1 Å². The van der Waals surface area contributed by atoms with E-state index in [9.17, 15) is 18.5 Å². The van der Waals surface area contributed by atoms with Crippen molar-refractivity contribution in [2.45, 2.75) is 17.1 Å². The molecule has 0 spiro atoms. The largest absolute Gasteiger partial charge is 0.398 e. The molecule has 0 aliphatic rings. The van der Waals surface area contributed by atoms with Crippen LogP contribution >= 0.6 is 0 Å². The summed E-state index contributed by atoms with van der Waals surface area (Å²) in [5.74, 6) is -0.258. The van der Waals surface area contributed by atoms with Gasteiger partial charge in [-0.2, -0.15) is 0 Å². The normalized spacial score (nSPS) is 11.3. The number of nitrogens with two attached hydrogens (primary N) is 2. The first-order valence-corrected chi connectivity index (χ1v) is 8.54. The SMILES string of the molecule is NCCc1c(N)cc([N+](=O)[O-])cc1S(=O)(=O)Cc1ccccc1. The van der Waals surface area contributed by atoms with E-state index in [-0.39, 0.29) is 35.0 Å². The van der Waals surface area contributed by atoms with E-state index >= 15 is 0 Å². The van der Waals surface area contributed by atoms with Crippen LogP contribution in [0, 0.1) is 10.1 Å². The monoisotopic (exact) mass is 335 g/mol. The maximum atomic E-state index is 12.7. The highest BCUT2D eigenvalue weighted by Gasteiger charge is 2.24. The molecule has 0 amide bonds. The van der Waals surface area contributed by atoms with Gasteiger partial charge in [0.25, 0.3) is 5.69 Å². The van der Waals surface area contributed by atoms with Crippen LogP contribution in [-0.2, 0) is 22.0 Å². The van der Waals surface area contributed by atoms with E-state index in [0.29, 0.717) is 11.1 Å². The lowest BCUT2D eigenvalue weighted by Crippen LogP contribution is -2.14.